The zero-order chi connectivity index (χ0) is 19.9. The molecule has 9 heteroatoms. The lowest BCUT2D eigenvalue weighted by molar-refractivity contribution is -0.123. The summed E-state index contributed by atoms with van der Waals surface area (Å²) in [5.41, 5.74) is 4.61. The molecule has 0 aliphatic carbocycles. The maximum absolute atomic E-state index is 12.0. The Morgan fingerprint density at radius 1 is 1.32 bits per heavy atom. The predicted molar refractivity (Wildman–Crippen MR) is 109 cm³/mol. The van der Waals surface area contributed by atoms with Gasteiger partial charge in [-0.3, -0.25) is 9.78 Å². The van der Waals surface area contributed by atoms with Crippen LogP contribution in [-0.2, 0) is 11.3 Å². The smallest absolute Gasteiger partial charge is 0.278 e. The van der Waals surface area contributed by atoms with E-state index in [1.807, 2.05) is 29.6 Å². The lowest BCUT2D eigenvalue weighted by Crippen LogP contribution is -2.29. The number of nitrogens with one attached hydrogen (secondary N) is 1. The standard InChI is InChI=1S/C19H20ClN5O2S/c1-13(2)10-25-16(14-3-5-15(20)6-4-14)12-28-19(25)24-23-17(26)11-27-18-9-21-7-8-22-18/h3-9,12-13H,10-11H2,1-2H3,(H,23,26)/b24-19-. The fraction of sp³-hybridized carbons (Fsp3) is 0.263. The molecule has 2 aromatic heterocycles. The zero-order valence-corrected chi connectivity index (χ0v) is 17.1. The number of hydrogen-bond donors (Lipinski definition) is 1. The first kappa shape index (κ1) is 20.0. The normalized spacial score (nSPS) is 11.6. The van der Waals surface area contributed by atoms with E-state index in [2.05, 4.69) is 38.9 Å². The van der Waals surface area contributed by atoms with Crippen molar-refractivity contribution < 1.29 is 9.53 Å². The number of thiazole rings is 1. The number of amides is 1. The molecule has 0 saturated carbocycles. The van der Waals surface area contributed by atoms with Gasteiger partial charge in [0.2, 0.25) is 10.7 Å². The first-order valence-corrected chi connectivity index (χ1v) is 9.94. The topological polar surface area (TPSA) is 81.4 Å². The molecule has 28 heavy (non-hydrogen) atoms. The SMILES string of the molecule is CC(C)Cn1c(-c2ccc(Cl)cc2)cs/c1=N\NC(=O)COc1cnccn1. The van der Waals surface area contributed by atoms with E-state index >= 15 is 0 Å². The molecular weight excluding hydrogens is 398 g/mol. The molecule has 1 aromatic carbocycles. The van der Waals surface area contributed by atoms with Gasteiger partial charge in [0.15, 0.2) is 6.61 Å². The monoisotopic (exact) mass is 417 g/mol. The maximum atomic E-state index is 12.0. The molecule has 0 saturated heterocycles. The summed E-state index contributed by atoms with van der Waals surface area (Å²) in [5.74, 6) is 0.326. The van der Waals surface area contributed by atoms with Crippen LogP contribution in [0.1, 0.15) is 13.8 Å². The van der Waals surface area contributed by atoms with Crippen LogP contribution in [0.5, 0.6) is 5.88 Å². The predicted octanol–water partition coefficient (Wildman–Crippen LogP) is 3.33. The van der Waals surface area contributed by atoms with Crippen LogP contribution in [-0.4, -0.2) is 27.0 Å². The van der Waals surface area contributed by atoms with E-state index < -0.39 is 0 Å². The fourth-order valence-electron chi connectivity index (χ4n) is 2.45. The maximum Gasteiger partial charge on any atom is 0.278 e. The zero-order valence-electron chi connectivity index (χ0n) is 15.5. The molecule has 7 nitrogen and oxygen atoms in total. The molecule has 0 atom stereocenters. The number of benzene rings is 1. The van der Waals surface area contributed by atoms with Crippen LogP contribution in [0.15, 0.2) is 53.3 Å². The van der Waals surface area contributed by atoms with Crippen molar-refractivity contribution in [3.8, 4) is 17.1 Å². The van der Waals surface area contributed by atoms with Crippen molar-refractivity contribution >= 4 is 28.8 Å². The summed E-state index contributed by atoms with van der Waals surface area (Å²) in [5, 5.41) is 6.99. The summed E-state index contributed by atoms with van der Waals surface area (Å²) in [7, 11) is 0. The Labute approximate surface area is 171 Å². The van der Waals surface area contributed by atoms with Crippen molar-refractivity contribution in [1.29, 1.82) is 0 Å². The Kier molecular flexibility index (Phi) is 6.78. The van der Waals surface area contributed by atoms with Gasteiger partial charge in [0.05, 0.1) is 11.9 Å². The third-order valence-electron chi connectivity index (χ3n) is 3.65. The number of halogens is 1. The highest BCUT2D eigenvalue weighted by Gasteiger charge is 2.10. The molecule has 3 aromatic rings. The van der Waals surface area contributed by atoms with Gasteiger partial charge in [-0.05, 0) is 23.6 Å². The molecule has 2 heterocycles. The van der Waals surface area contributed by atoms with E-state index in [4.69, 9.17) is 16.3 Å². The van der Waals surface area contributed by atoms with E-state index in [0.29, 0.717) is 15.7 Å². The molecule has 0 unspecified atom stereocenters. The van der Waals surface area contributed by atoms with E-state index in [1.54, 1.807) is 0 Å². The van der Waals surface area contributed by atoms with E-state index in [0.717, 1.165) is 17.8 Å². The third-order valence-corrected chi connectivity index (χ3v) is 4.77. The number of rotatable bonds is 7. The number of carbonyl (C=O) groups excluding carboxylic acids is 1. The van der Waals surface area contributed by atoms with Gasteiger partial charge in [-0.2, -0.15) is 0 Å². The molecule has 0 spiro atoms. The Morgan fingerprint density at radius 2 is 2.11 bits per heavy atom. The highest BCUT2D eigenvalue weighted by molar-refractivity contribution is 7.07. The van der Waals surface area contributed by atoms with Crippen LogP contribution in [0.25, 0.3) is 11.3 Å². The van der Waals surface area contributed by atoms with Crippen LogP contribution < -0.4 is 15.0 Å². The summed E-state index contributed by atoms with van der Waals surface area (Å²) in [6, 6.07) is 7.66. The van der Waals surface area contributed by atoms with Gasteiger partial charge >= 0.3 is 0 Å². The van der Waals surface area contributed by atoms with E-state index in [9.17, 15) is 4.79 Å². The molecule has 1 N–H and O–H groups in total. The third kappa shape index (κ3) is 5.40. The molecule has 3 rings (SSSR count). The van der Waals surface area contributed by atoms with Gasteiger partial charge < -0.3 is 9.30 Å². The van der Waals surface area contributed by atoms with Gasteiger partial charge in [0.25, 0.3) is 5.91 Å². The largest absolute Gasteiger partial charge is 0.466 e. The first-order chi connectivity index (χ1) is 13.5. The lowest BCUT2D eigenvalue weighted by Gasteiger charge is -2.11. The summed E-state index contributed by atoms with van der Waals surface area (Å²) in [6.07, 6.45) is 4.47. The van der Waals surface area contributed by atoms with Gasteiger partial charge in [-0.25, -0.2) is 10.4 Å². The number of hydrogen-bond acceptors (Lipinski definition) is 6. The molecule has 0 bridgehead atoms. The first-order valence-electron chi connectivity index (χ1n) is 8.68. The van der Waals surface area contributed by atoms with Crippen LogP contribution in [0.4, 0.5) is 0 Å². The quantitative estimate of drug-likeness (QED) is 0.598. The van der Waals surface area contributed by atoms with Crippen molar-refractivity contribution in [2.75, 3.05) is 6.61 Å². The van der Waals surface area contributed by atoms with Gasteiger partial charge in [0, 0.05) is 29.3 Å². The average molecular weight is 418 g/mol. The van der Waals surface area contributed by atoms with Crippen molar-refractivity contribution in [2.24, 2.45) is 11.0 Å². The van der Waals surface area contributed by atoms with Crippen molar-refractivity contribution in [3.05, 3.63) is 58.1 Å². The summed E-state index contributed by atoms with van der Waals surface area (Å²) < 4.78 is 7.36. The molecule has 1 amide bonds. The minimum Gasteiger partial charge on any atom is -0.466 e. The van der Waals surface area contributed by atoms with Gasteiger partial charge in [-0.15, -0.1) is 16.4 Å². The molecule has 0 radical (unpaired) electrons. The highest BCUT2D eigenvalue weighted by Crippen LogP contribution is 2.23. The van der Waals surface area contributed by atoms with E-state index in [1.165, 1.54) is 29.9 Å². The molecule has 0 aliphatic rings. The molecular formula is C19H20ClN5O2S. The number of aromatic nitrogens is 3. The summed E-state index contributed by atoms with van der Waals surface area (Å²) in [4.78, 5) is 20.6. The van der Waals surface area contributed by atoms with Crippen LogP contribution in [0.3, 0.4) is 0 Å². The highest BCUT2D eigenvalue weighted by atomic mass is 35.5. The van der Waals surface area contributed by atoms with Crippen LogP contribution in [0, 0.1) is 5.92 Å². The second-order valence-corrected chi connectivity index (χ2v) is 7.67. The second kappa shape index (κ2) is 9.48. The Balaban J connectivity index is 1.76. The van der Waals surface area contributed by atoms with Crippen molar-refractivity contribution in [1.82, 2.24) is 20.0 Å². The molecule has 0 aliphatic heterocycles. The minimum atomic E-state index is -0.372. The minimum absolute atomic E-state index is 0.193. The van der Waals surface area contributed by atoms with Crippen LogP contribution in [0.2, 0.25) is 5.02 Å². The van der Waals surface area contributed by atoms with Gasteiger partial charge in [-0.1, -0.05) is 37.6 Å². The molecule has 146 valence electrons. The molecule has 0 fully saturated rings. The lowest BCUT2D eigenvalue weighted by atomic mass is 10.1. The average Bonchev–Trinajstić information content (AvgIpc) is 3.08. The number of carbonyl (C=O) groups is 1. The second-order valence-electron chi connectivity index (χ2n) is 6.39. The van der Waals surface area contributed by atoms with Crippen molar-refractivity contribution in [3.63, 3.8) is 0 Å². The number of ether oxygens (including phenoxy) is 1. The Morgan fingerprint density at radius 3 is 2.79 bits per heavy atom. The summed E-state index contributed by atoms with van der Waals surface area (Å²) >= 11 is 7.46. The Hall–Kier alpha value is -2.71. The summed E-state index contributed by atoms with van der Waals surface area (Å²) in [6.45, 7) is 4.84. The number of nitrogens with zero attached hydrogens (tertiary/aromatic N) is 4. The van der Waals surface area contributed by atoms with E-state index in [-0.39, 0.29) is 18.4 Å². The fourth-order valence-corrected chi connectivity index (χ4v) is 3.46. The van der Waals surface area contributed by atoms with Gasteiger partial charge in [0.1, 0.15) is 0 Å². The van der Waals surface area contributed by atoms with Crippen molar-refractivity contribution in [2.45, 2.75) is 20.4 Å². The van der Waals surface area contributed by atoms with Crippen LogP contribution >= 0.6 is 22.9 Å². The Bertz CT molecular complexity index is 984.